The maximum absolute atomic E-state index is 12.9. The van der Waals surface area contributed by atoms with E-state index in [1.54, 1.807) is 0 Å². The molecule has 8 heteroatoms. The van der Waals surface area contributed by atoms with Crippen molar-refractivity contribution in [2.45, 2.75) is 6.04 Å². The van der Waals surface area contributed by atoms with E-state index in [1.165, 1.54) is 31.3 Å². The fraction of sp³-hybridized carbons (Fsp3) is 0.364. The molecule has 1 aliphatic heterocycles. The van der Waals surface area contributed by atoms with Crippen molar-refractivity contribution >= 4 is 16.1 Å². The van der Waals surface area contributed by atoms with E-state index in [-0.39, 0.29) is 13.1 Å². The van der Waals surface area contributed by atoms with Crippen molar-refractivity contribution < 1.29 is 17.6 Å². The van der Waals surface area contributed by atoms with Gasteiger partial charge >= 0.3 is 0 Å². The molecule has 2 N–H and O–H groups in total. The summed E-state index contributed by atoms with van der Waals surface area (Å²) in [6.07, 6.45) is 0. The summed E-state index contributed by atoms with van der Waals surface area (Å²) in [6.45, 7) is 0.411. The summed E-state index contributed by atoms with van der Waals surface area (Å²) in [6, 6.07) is 4.22. The van der Waals surface area contributed by atoms with Crippen molar-refractivity contribution in [3.63, 3.8) is 0 Å². The second kappa shape index (κ2) is 5.24. The van der Waals surface area contributed by atoms with Gasteiger partial charge < -0.3 is 5.32 Å². The van der Waals surface area contributed by atoms with Crippen LogP contribution in [0.4, 0.5) is 4.39 Å². The molecule has 0 bridgehead atoms. The summed E-state index contributed by atoms with van der Waals surface area (Å²) in [4.78, 5) is 11.9. The standard InChI is InChI=1S/C11H14FN3O3S/c1-13-19(17,18)15-7-6-14-11(16)10(15)8-2-4-9(12)5-3-8/h2-5,10,13H,6-7H2,1H3,(H,14,16). The SMILES string of the molecule is CNS(=O)(=O)N1CCNC(=O)C1c1ccc(F)cc1. The van der Waals surface area contributed by atoms with E-state index >= 15 is 0 Å². The molecule has 1 heterocycles. The van der Waals surface area contributed by atoms with E-state index in [1.807, 2.05) is 0 Å². The van der Waals surface area contributed by atoms with E-state index < -0.39 is 28.0 Å². The molecule has 0 saturated carbocycles. The molecule has 19 heavy (non-hydrogen) atoms. The topological polar surface area (TPSA) is 78.5 Å². The van der Waals surface area contributed by atoms with Gasteiger partial charge in [0.05, 0.1) is 0 Å². The summed E-state index contributed by atoms with van der Waals surface area (Å²) in [5.41, 5.74) is 0.428. The fourth-order valence-corrected chi connectivity index (χ4v) is 3.05. The molecule has 1 aromatic rings. The molecule has 1 saturated heterocycles. The first kappa shape index (κ1) is 13.9. The molecular formula is C11H14FN3O3S. The fourth-order valence-electron chi connectivity index (χ4n) is 1.98. The first-order chi connectivity index (χ1) is 8.95. The van der Waals surface area contributed by atoms with Crippen LogP contribution in [-0.4, -0.2) is 38.8 Å². The molecule has 1 atom stereocenters. The molecular weight excluding hydrogens is 273 g/mol. The minimum Gasteiger partial charge on any atom is -0.353 e. The summed E-state index contributed by atoms with van der Waals surface area (Å²) in [5, 5.41) is 2.60. The first-order valence-electron chi connectivity index (χ1n) is 5.69. The summed E-state index contributed by atoms with van der Waals surface area (Å²) < 4.78 is 40.0. The Morgan fingerprint density at radius 2 is 2.00 bits per heavy atom. The van der Waals surface area contributed by atoms with Crippen LogP contribution in [-0.2, 0) is 15.0 Å². The van der Waals surface area contributed by atoms with Gasteiger partial charge in [0, 0.05) is 20.1 Å². The lowest BCUT2D eigenvalue weighted by molar-refractivity contribution is -0.126. The summed E-state index contributed by atoms with van der Waals surface area (Å²) in [5.74, 6) is -0.861. The largest absolute Gasteiger partial charge is 0.353 e. The molecule has 1 fully saturated rings. The van der Waals surface area contributed by atoms with Crippen LogP contribution < -0.4 is 10.0 Å². The molecule has 0 spiro atoms. The third-order valence-electron chi connectivity index (χ3n) is 2.92. The Bertz CT molecular complexity index is 573. The highest BCUT2D eigenvalue weighted by atomic mass is 32.2. The number of halogens is 1. The minimum atomic E-state index is -3.73. The Hall–Kier alpha value is -1.51. The highest BCUT2D eigenvalue weighted by Gasteiger charge is 2.37. The van der Waals surface area contributed by atoms with E-state index in [9.17, 15) is 17.6 Å². The summed E-state index contributed by atoms with van der Waals surface area (Å²) in [7, 11) is -2.45. The Morgan fingerprint density at radius 1 is 1.37 bits per heavy atom. The van der Waals surface area contributed by atoms with Crippen LogP contribution in [0.1, 0.15) is 11.6 Å². The highest BCUT2D eigenvalue weighted by molar-refractivity contribution is 7.87. The Kier molecular flexibility index (Phi) is 3.83. The predicted octanol–water partition coefficient (Wildman–Crippen LogP) is -0.237. The second-order valence-electron chi connectivity index (χ2n) is 4.06. The van der Waals surface area contributed by atoms with Crippen LogP contribution in [0.2, 0.25) is 0 Å². The molecule has 1 unspecified atom stereocenters. The smallest absolute Gasteiger partial charge is 0.280 e. The van der Waals surface area contributed by atoms with Gasteiger partial charge in [-0.05, 0) is 17.7 Å². The average molecular weight is 287 g/mol. The average Bonchev–Trinajstić information content (AvgIpc) is 2.40. The van der Waals surface area contributed by atoms with Gasteiger partial charge in [0.1, 0.15) is 11.9 Å². The van der Waals surface area contributed by atoms with Crippen molar-refractivity contribution in [2.24, 2.45) is 0 Å². The van der Waals surface area contributed by atoms with Crippen LogP contribution in [0, 0.1) is 5.82 Å². The van der Waals surface area contributed by atoms with E-state index in [4.69, 9.17) is 0 Å². The molecule has 1 aromatic carbocycles. The van der Waals surface area contributed by atoms with Gasteiger partial charge in [-0.3, -0.25) is 4.79 Å². The number of rotatable bonds is 3. The molecule has 104 valence electrons. The monoisotopic (exact) mass is 287 g/mol. The second-order valence-corrected chi connectivity index (χ2v) is 5.89. The van der Waals surface area contributed by atoms with Gasteiger partial charge in [-0.1, -0.05) is 12.1 Å². The van der Waals surface area contributed by atoms with Crippen molar-refractivity contribution in [3.8, 4) is 0 Å². The van der Waals surface area contributed by atoms with Gasteiger partial charge in [-0.15, -0.1) is 0 Å². The van der Waals surface area contributed by atoms with E-state index in [2.05, 4.69) is 10.0 Å². The molecule has 1 aliphatic rings. The van der Waals surface area contributed by atoms with Crippen LogP contribution in [0.5, 0.6) is 0 Å². The van der Waals surface area contributed by atoms with Crippen LogP contribution in [0.15, 0.2) is 24.3 Å². The zero-order valence-corrected chi connectivity index (χ0v) is 11.1. The Morgan fingerprint density at radius 3 is 2.58 bits per heavy atom. The molecule has 0 aromatic heterocycles. The van der Waals surface area contributed by atoms with Crippen LogP contribution >= 0.6 is 0 Å². The van der Waals surface area contributed by atoms with Crippen molar-refractivity contribution in [2.75, 3.05) is 20.1 Å². The van der Waals surface area contributed by atoms with Crippen molar-refractivity contribution in [1.29, 1.82) is 0 Å². The maximum atomic E-state index is 12.9. The molecule has 1 amide bonds. The van der Waals surface area contributed by atoms with Gasteiger partial charge in [0.2, 0.25) is 5.91 Å². The molecule has 2 rings (SSSR count). The predicted molar refractivity (Wildman–Crippen MR) is 66.8 cm³/mol. The van der Waals surface area contributed by atoms with Gasteiger partial charge in [-0.2, -0.15) is 12.7 Å². The number of piperazine rings is 1. The molecule has 0 aliphatic carbocycles. The zero-order valence-electron chi connectivity index (χ0n) is 10.3. The highest BCUT2D eigenvalue weighted by Crippen LogP contribution is 2.25. The van der Waals surface area contributed by atoms with Crippen LogP contribution in [0.3, 0.4) is 0 Å². The zero-order chi connectivity index (χ0) is 14.0. The molecule has 6 nitrogen and oxygen atoms in total. The van der Waals surface area contributed by atoms with Gasteiger partial charge in [0.15, 0.2) is 0 Å². The van der Waals surface area contributed by atoms with Gasteiger partial charge in [0.25, 0.3) is 10.2 Å². The number of carbonyl (C=O) groups is 1. The number of nitrogens with zero attached hydrogens (tertiary/aromatic N) is 1. The third-order valence-corrected chi connectivity index (χ3v) is 4.45. The Labute approximate surface area is 110 Å². The minimum absolute atomic E-state index is 0.164. The number of hydrogen-bond donors (Lipinski definition) is 2. The third kappa shape index (κ3) is 2.75. The molecule has 0 radical (unpaired) electrons. The number of amides is 1. The van der Waals surface area contributed by atoms with Crippen molar-refractivity contribution in [3.05, 3.63) is 35.6 Å². The lowest BCUT2D eigenvalue weighted by Gasteiger charge is -2.33. The summed E-state index contributed by atoms with van der Waals surface area (Å²) >= 11 is 0. The lowest BCUT2D eigenvalue weighted by Crippen LogP contribution is -2.54. The number of nitrogens with one attached hydrogen (secondary N) is 2. The number of benzene rings is 1. The normalized spacial score (nSPS) is 21.2. The first-order valence-corrected chi connectivity index (χ1v) is 7.13. The quantitative estimate of drug-likeness (QED) is 0.805. The maximum Gasteiger partial charge on any atom is 0.280 e. The Balaban J connectivity index is 2.42. The van der Waals surface area contributed by atoms with Gasteiger partial charge in [-0.25, -0.2) is 9.11 Å². The lowest BCUT2D eigenvalue weighted by atomic mass is 10.0. The number of carbonyl (C=O) groups excluding carboxylic acids is 1. The van der Waals surface area contributed by atoms with E-state index in [0.717, 1.165) is 4.31 Å². The number of hydrogen-bond acceptors (Lipinski definition) is 3. The van der Waals surface area contributed by atoms with Crippen molar-refractivity contribution in [1.82, 2.24) is 14.3 Å². The van der Waals surface area contributed by atoms with Crippen LogP contribution in [0.25, 0.3) is 0 Å². The van der Waals surface area contributed by atoms with E-state index in [0.29, 0.717) is 5.56 Å².